The average molecular weight is 253 g/mol. The average Bonchev–Trinajstić information content (AvgIpc) is 2.79. The molecule has 1 unspecified atom stereocenters. The molecule has 1 atom stereocenters. The third kappa shape index (κ3) is 4.36. The zero-order chi connectivity index (χ0) is 11.9. The van der Waals surface area contributed by atoms with Gasteiger partial charge in [-0.3, -0.25) is 0 Å². The van der Waals surface area contributed by atoms with Gasteiger partial charge in [-0.25, -0.2) is 4.98 Å². The number of hydrogen-bond donors (Lipinski definition) is 1. The minimum Gasteiger partial charge on any atom is -0.336 e. The molecule has 3 nitrogen and oxygen atoms in total. The fourth-order valence-electron chi connectivity index (χ4n) is 2.18. The molecule has 1 N–H and O–H groups in total. The Morgan fingerprint density at radius 1 is 1.53 bits per heavy atom. The molecule has 17 heavy (non-hydrogen) atoms. The molecule has 0 spiro atoms. The van der Waals surface area contributed by atoms with Crippen molar-refractivity contribution in [2.24, 2.45) is 0 Å². The van der Waals surface area contributed by atoms with E-state index in [1.54, 1.807) is 0 Å². The van der Waals surface area contributed by atoms with Crippen LogP contribution in [-0.2, 0) is 13.1 Å². The Balaban J connectivity index is 1.76. The number of nitrogens with one attached hydrogen (secondary N) is 1. The predicted octanol–water partition coefficient (Wildman–Crippen LogP) is 2.67. The van der Waals surface area contributed by atoms with Gasteiger partial charge in [0.15, 0.2) is 0 Å². The van der Waals surface area contributed by atoms with Gasteiger partial charge in [-0.2, -0.15) is 11.8 Å². The number of imidazole rings is 1. The number of nitrogens with zero attached hydrogens (tertiary/aromatic N) is 2. The largest absolute Gasteiger partial charge is 0.336 e. The zero-order valence-corrected chi connectivity index (χ0v) is 11.5. The Bertz CT molecular complexity index is 318. The summed E-state index contributed by atoms with van der Waals surface area (Å²) in [6.45, 7) is 5.29. The Morgan fingerprint density at radius 3 is 3.24 bits per heavy atom. The minimum absolute atomic E-state index is 0.800. The lowest BCUT2D eigenvalue weighted by Gasteiger charge is -2.21. The van der Waals surface area contributed by atoms with Gasteiger partial charge in [-0.15, -0.1) is 0 Å². The van der Waals surface area contributed by atoms with E-state index in [0.29, 0.717) is 0 Å². The van der Waals surface area contributed by atoms with E-state index < -0.39 is 0 Å². The van der Waals surface area contributed by atoms with Crippen molar-refractivity contribution < 1.29 is 0 Å². The van der Waals surface area contributed by atoms with Gasteiger partial charge in [0.1, 0.15) is 0 Å². The molecule has 1 aromatic rings. The summed E-state index contributed by atoms with van der Waals surface area (Å²) in [6, 6.07) is 0. The van der Waals surface area contributed by atoms with Crippen molar-refractivity contribution in [3.05, 3.63) is 18.2 Å². The summed E-state index contributed by atoms with van der Waals surface area (Å²) >= 11 is 2.12. The van der Waals surface area contributed by atoms with Crippen LogP contribution >= 0.6 is 11.8 Å². The first-order valence-corrected chi connectivity index (χ1v) is 7.76. The molecular formula is C13H23N3S. The Labute approximate surface area is 108 Å². The van der Waals surface area contributed by atoms with Crippen LogP contribution in [-0.4, -0.2) is 27.1 Å². The van der Waals surface area contributed by atoms with E-state index in [0.717, 1.165) is 24.9 Å². The highest BCUT2D eigenvalue weighted by atomic mass is 32.2. The van der Waals surface area contributed by atoms with Crippen molar-refractivity contribution in [3.63, 3.8) is 0 Å². The van der Waals surface area contributed by atoms with Gasteiger partial charge in [0.25, 0.3) is 0 Å². The highest BCUT2D eigenvalue weighted by Crippen LogP contribution is 2.26. The molecule has 1 fully saturated rings. The quantitative estimate of drug-likeness (QED) is 0.791. The van der Waals surface area contributed by atoms with E-state index >= 15 is 0 Å². The van der Waals surface area contributed by atoms with Gasteiger partial charge in [-0.05, 0) is 31.6 Å². The van der Waals surface area contributed by atoms with Crippen LogP contribution < -0.4 is 5.32 Å². The zero-order valence-electron chi connectivity index (χ0n) is 10.7. The van der Waals surface area contributed by atoms with Crippen LogP contribution in [0, 0.1) is 0 Å². The fourth-order valence-corrected chi connectivity index (χ4v) is 3.49. The lowest BCUT2D eigenvalue weighted by atomic mass is 10.2. The van der Waals surface area contributed by atoms with Gasteiger partial charge in [0.2, 0.25) is 0 Å². The summed E-state index contributed by atoms with van der Waals surface area (Å²) in [5, 5.41) is 4.19. The molecule has 1 saturated heterocycles. The molecule has 2 heterocycles. The summed E-state index contributed by atoms with van der Waals surface area (Å²) in [7, 11) is 0. The van der Waals surface area contributed by atoms with Crippen molar-refractivity contribution in [1.29, 1.82) is 0 Å². The molecule has 0 amide bonds. The predicted molar refractivity (Wildman–Crippen MR) is 74.3 cm³/mol. The van der Waals surface area contributed by atoms with Crippen LogP contribution in [0.2, 0.25) is 0 Å². The third-order valence-electron chi connectivity index (χ3n) is 3.11. The van der Waals surface area contributed by atoms with E-state index in [1.807, 2.05) is 6.33 Å². The van der Waals surface area contributed by atoms with Crippen LogP contribution in [0.25, 0.3) is 0 Å². The topological polar surface area (TPSA) is 29.9 Å². The van der Waals surface area contributed by atoms with Crippen LogP contribution in [0.1, 0.15) is 38.3 Å². The smallest absolute Gasteiger partial charge is 0.0950 e. The van der Waals surface area contributed by atoms with Crippen molar-refractivity contribution in [1.82, 2.24) is 14.9 Å². The number of aromatic nitrogens is 2. The molecule has 0 saturated carbocycles. The van der Waals surface area contributed by atoms with Crippen molar-refractivity contribution in [2.45, 2.75) is 50.9 Å². The number of thioether (sulfide) groups is 1. The first kappa shape index (κ1) is 13.0. The van der Waals surface area contributed by atoms with Crippen LogP contribution in [0.4, 0.5) is 0 Å². The standard InChI is InChI=1S/C13H23N3S/c1-2-6-14-8-12-9-16(11-15-12)10-13-5-3-4-7-17-13/h9,11,13-14H,2-8,10H2,1H3. The third-order valence-corrected chi connectivity index (χ3v) is 4.49. The molecule has 0 aliphatic carbocycles. The van der Waals surface area contributed by atoms with E-state index in [1.165, 1.54) is 37.1 Å². The lowest BCUT2D eigenvalue weighted by molar-refractivity contribution is 0.582. The first-order valence-electron chi connectivity index (χ1n) is 6.71. The highest BCUT2D eigenvalue weighted by Gasteiger charge is 2.14. The SMILES string of the molecule is CCCNCc1cn(CC2CCCCS2)cn1. The lowest BCUT2D eigenvalue weighted by Crippen LogP contribution is -2.16. The molecule has 1 aromatic heterocycles. The van der Waals surface area contributed by atoms with Gasteiger partial charge in [0, 0.05) is 24.5 Å². The molecule has 1 aliphatic rings. The van der Waals surface area contributed by atoms with Crippen molar-refractivity contribution >= 4 is 11.8 Å². The van der Waals surface area contributed by atoms with Gasteiger partial charge < -0.3 is 9.88 Å². The normalized spacial score (nSPS) is 20.6. The van der Waals surface area contributed by atoms with E-state index in [9.17, 15) is 0 Å². The van der Waals surface area contributed by atoms with Gasteiger partial charge >= 0.3 is 0 Å². The molecule has 96 valence electrons. The minimum atomic E-state index is 0.800. The fraction of sp³-hybridized carbons (Fsp3) is 0.769. The van der Waals surface area contributed by atoms with Gasteiger partial charge in [-0.1, -0.05) is 13.3 Å². The molecule has 2 rings (SSSR count). The molecule has 0 radical (unpaired) electrons. The summed E-state index contributed by atoms with van der Waals surface area (Å²) in [6.07, 6.45) is 9.52. The second-order valence-electron chi connectivity index (χ2n) is 4.73. The highest BCUT2D eigenvalue weighted by molar-refractivity contribution is 7.99. The summed E-state index contributed by atoms with van der Waals surface area (Å²) in [5.74, 6) is 1.34. The number of hydrogen-bond acceptors (Lipinski definition) is 3. The molecule has 1 aliphatic heterocycles. The van der Waals surface area contributed by atoms with Crippen molar-refractivity contribution in [3.8, 4) is 0 Å². The Morgan fingerprint density at radius 2 is 2.47 bits per heavy atom. The van der Waals surface area contributed by atoms with Crippen LogP contribution in [0.3, 0.4) is 0 Å². The van der Waals surface area contributed by atoms with Crippen molar-refractivity contribution in [2.75, 3.05) is 12.3 Å². The second-order valence-corrected chi connectivity index (χ2v) is 6.14. The van der Waals surface area contributed by atoms with Crippen LogP contribution in [0.15, 0.2) is 12.5 Å². The monoisotopic (exact) mass is 253 g/mol. The summed E-state index contributed by atoms with van der Waals surface area (Å²) < 4.78 is 2.26. The Kier molecular flexibility index (Phi) is 5.39. The maximum absolute atomic E-state index is 4.44. The molecule has 4 heteroatoms. The first-order chi connectivity index (χ1) is 8.38. The molecular weight excluding hydrogens is 230 g/mol. The maximum Gasteiger partial charge on any atom is 0.0950 e. The van der Waals surface area contributed by atoms with Crippen LogP contribution in [0.5, 0.6) is 0 Å². The Hall–Kier alpha value is -0.480. The van der Waals surface area contributed by atoms with Gasteiger partial charge in [0.05, 0.1) is 12.0 Å². The summed E-state index contributed by atoms with van der Waals surface area (Å²) in [5.41, 5.74) is 1.17. The maximum atomic E-state index is 4.44. The number of rotatable bonds is 6. The summed E-state index contributed by atoms with van der Waals surface area (Å²) in [4.78, 5) is 4.44. The molecule has 0 aromatic carbocycles. The van der Waals surface area contributed by atoms with E-state index in [4.69, 9.17) is 0 Å². The molecule has 0 bridgehead atoms. The second kappa shape index (κ2) is 7.07. The van der Waals surface area contributed by atoms with E-state index in [-0.39, 0.29) is 0 Å². The van der Waals surface area contributed by atoms with E-state index in [2.05, 4.69) is 39.8 Å².